The van der Waals surface area contributed by atoms with E-state index in [2.05, 4.69) is 17.4 Å². The monoisotopic (exact) mass is 265 g/mol. The van der Waals surface area contributed by atoms with Crippen molar-refractivity contribution in [3.05, 3.63) is 23.8 Å². The van der Waals surface area contributed by atoms with Crippen molar-refractivity contribution in [2.75, 3.05) is 34.0 Å². The van der Waals surface area contributed by atoms with Crippen LogP contribution in [0.5, 0.6) is 11.5 Å². The first-order valence-corrected chi connectivity index (χ1v) is 6.83. The van der Waals surface area contributed by atoms with E-state index < -0.39 is 0 Å². The van der Waals surface area contributed by atoms with Crippen LogP contribution in [-0.2, 0) is 11.3 Å². The third-order valence-electron chi connectivity index (χ3n) is 3.21. The summed E-state index contributed by atoms with van der Waals surface area (Å²) in [5.74, 6) is 2.40. The van der Waals surface area contributed by atoms with E-state index in [9.17, 15) is 0 Å². The van der Waals surface area contributed by atoms with E-state index in [0.717, 1.165) is 43.7 Å². The van der Waals surface area contributed by atoms with Gasteiger partial charge in [0, 0.05) is 20.2 Å². The van der Waals surface area contributed by atoms with Crippen molar-refractivity contribution in [3.63, 3.8) is 0 Å². The molecule has 0 atom stereocenters. The van der Waals surface area contributed by atoms with E-state index in [1.807, 2.05) is 6.07 Å². The largest absolute Gasteiger partial charge is 0.493 e. The van der Waals surface area contributed by atoms with E-state index in [4.69, 9.17) is 14.2 Å². The quantitative estimate of drug-likeness (QED) is 0.695. The van der Waals surface area contributed by atoms with Gasteiger partial charge in [-0.1, -0.05) is 6.07 Å². The maximum Gasteiger partial charge on any atom is 0.161 e. The smallest absolute Gasteiger partial charge is 0.161 e. The molecule has 0 saturated heterocycles. The molecule has 0 unspecified atom stereocenters. The zero-order valence-corrected chi connectivity index (χ0v) is 11.8. The summed E-state index contributed by atoms with van der Waals surface area (Å²) in [6.07, 6.45) is 2.58. The van der Waals surface area contributed by atoms with Crippen molar-refractivity contribution < 1.29 is 14.2 Å². The van der Waals surface area contributed by atoms with E-state index in [1.165, 1.54) is 18.4 Å². The molecule has 1 fully saturated rings. The molecule has 0 radical (unpaired) electrons. The minimum absolute atomic E-state index is 0.723. The number of hydrogen-bond donors (Lipinski definition) is 1. The fourth-order valence-electron chi connectivity index (χ4n) is 1.84. The topological polar surface area (TPSA) is 39.7 Å². The minimum Gasteiger partial charge on any atom is -0.493 e. The van der Waals surface area contributed by atoms with E-state index in [0.29, 0.717) is 0 Å². The first kappa shape index (κ1) is 14.2. The molecule has 1 N–H and O–H groups in total. The van der Waals surface area contributed by atoms with Gasteiger partial charge in [-0.25, -0.2) is 0 Å². The molecule has 0 aromatic heterocycles. The van der Waals surface area contributed by atoms with Gasteiger partial charge >= 0.3 is 0 Å². The van der Waals surface area contributed by atoms with Crippen LogP contribution in [0.1, 0.15) is 18.4 Å². The Morgan fingerprint density at radius 1 is 1.21 bits per heavy atom. The molecule has 1 saturated carbocycles. The normalized spacial score (nSPS) is 14.4. The standard InChI is InChI=1S/C15H23NO3/c1-17-8-7-16-10-13-5-6-14(18-2)15(9-13)19-11-12-3-4-12/h5-6,9,12,16H,3-4,7-8,10-11H2,1-2H3. The van der Waals surface area contributed by atoms with Gasteiger partial charge in [0.1, 0.15) is 0 Å². The molecule has 2 rings (SSSR count). The van der Waals surface area contributed by atoms with Crippen molar-refractivity contribution in [2.45, 2.75) is 19.4 Å². The van der Waals surface area contributed by atoms with Crippen LogP contribution in [0.15, 0.2) is 18.2 Å². The van der Waals surface area contributed by atoms with Gasteiger partial charge in [0.05, 0.1) is 20.3 Å². The maximum atomic E-state index is 5.84. The first-order valence-electron chi connectivity index (χ1n) is 6.83. The van der Waals surface area contributed by atoms with Gasteiger partial charge in [0.15, 0.2) is 11.5 Å². The number of rotatable bonds is 9. The number of benzene rings is 1. The fraction of sp³-hybridized carbons (Fsp3) is 0.600. The second kappa shape index (κ2) is 7.36. The minimum atomic E-state index is 0.723. The lowest BCUT2D eigenvalue weighted by molar-refractivity contribution is 0.199. The molecule has 1 aromatic rings. The van der Waals surface area contributed by atoms with Crippen LogP contribution < -0.4 is 14.8 Å². The summed E-state index contributed by atoms with van der Waals surface area (Å²) in [5, 5.41) is 3.32. The molecule has 0 amide bonds. The molecule has 19 heavy (non-hydrogen) atoms. The highest BCUT2D eigenvalue weighted by Gasteiger charge is 2.22. The molecule has 0 aliphatic heterocycles. The molecule has 4 heteroatoms. The summed E-state index contributed by atoms with van der Waals surface area (Å²) in [4.78, 5) is 0. The highest BCUT2D eigenvalue weighted by molar-refractivity contribution is 5.43. The van der Waals surface area contributed by atoms with Gasteiger partial charge in [-0.15, -0.1) is 0 Å². The second-order valence-corrected chi connectivity index (χ2v) is 4.91. The van der Waals surface area contributed by atoms with Gasteiger partial charge < -0.3 is 19.5 Å². The molecule has 1 aromatic carbocycles. The Balaban J connectivity index is 1.89. The lowest BCUT2D eigenvalue weighted by atomic mass is 10.2. The predicted molar refractivity (Wildman–Crippen MR) is 74.8 cm³/mol. The zero-order valence-electron chi connectivity index (χ0n) is 11.8. The Morgan fingerprint density at radius 3 is 2.74 bits per heavy atom. The molecule has 4 nitrogen and oxygen atoms in total. The summed E-state index contributed by atoms with van der Waals surface area (Å²) in [7, 11) is 3.38. The molecule has 1 aliphatic carbocycles. The summed E-state index contributed by atoms with van der Waals surface area (Å²) in [5.41, 5.74) is 1.20. The number of hydrogen-bond acceptors (Lipinski definition) is 4. The Labute approximate surface area is 115 Å². The molecular weight excluding hydrogens is 242 g/mol. The summed E-state index contributed by atoms with van der Waals surface area (Å²) >= 11 is 0. The van der Waals surface area contributed by atoms with Gasteiger partial charge in [-0.3, -0.25) is 0 Å². The van der Waals surface area contributed by atoms with Crippen LogP contribution in [0.2, 0.25) is 0 Å². The van der Waals surface area contributed by atoms with Gasteiger partial charge in [0.25, 0.3) is 0 Å². The van der Waals surface area contributed by atoms with Crippen LogP contribution in [0.3, 0.4) is 0 Å². The molecule has 0 heterocycles. The highest BCUT2D eigenvalue weighted by Crippen LogP contribution is 2.33. The Morgan fingerprint density at radius 2 is 2.05 bits per heavy atom. The van der Waals surface area contributed by atoms with Crippen LogP contribution in [0, 0.1) is 5.92 Å². The van der Waals surface area contributed by atoms with Crippen LogP contribution >= 0.6 is 0 Å². The molecular formula is C15H23NO3. The van der Waals surface area contributed by atoms with Gasteiger partial charge in [-0.2, -0.15) is 0 Å². The summed E-state index contributed by atoms with van der Waals surface area (Å²) in [6, 6.07) is 6.08. The highest BCUT2D eigenvalue weighted by atomic mass is 16.5. The van der Waals surface area contributed by atoms with Crippen molar-refractivity contribution in [3.8, 4) is 11.5 Å². The van der Waals surface area contributed by atoms with E-state index >= 15 is 0 Å². The number of nitrogens with one attached hydrogen (secondary N) is 1. The zero-order chi connectivity index (χ0) is 13.5. The SMILES string of the molecule is COCCNCc1ccc(OC)c(OCC2CC2)c1. The second-order valence-electron chi connectivity index (χ2n) is 4.91. The lowest BCUT2D eigenvalue weighted by Gasteiger charge is -2.12. The third kappa shape index (κ3) is 4.73. The van der Waals surface area contributed by atoms with E-state index in [1.54, 1.807) is 14.2 Å². The molecule has 0 spiro atoms. The molecule has 1 aliphatic rings. The number of ether oxygens (including phenoxy) is 3. The van der Waals surface area contributed by atoms with Crippen molar-refractivity contribution >= 4 is 0 Å². The van der Waals surface area contributed by atoms with Crippen LogP contribution in [0.4, 0.5) is 0 Å². The maximum absolute atomic E-state index is 5.84. The van der Waals surface area contributed by atoms with Crippen LogP contribution in [0.25, 0.3) is 0 Å². The van der Waals surface area contributed by atoms with Crippen molar-refractivity contribution in [2.24, 2.45) is 5.92 Å². The third-order valence-corrected chi connectivity index (χ3v) is 3.21. The summed E-state index contributed by atoms with van der Waals surface area (Å²) in [6.45, 7) is 3.19. The van der Waals surface area contributed by atoms with E-state index in [-0.39, 0.29) is 0 Å². The van der Waals surface area contributed by atoms with Crippen molar-refractivity contribution in [1.29, 1.82) is 0 Å². The predicted octanol–water partition coefficient (Wildman–Crippen LogP) is 2.22. The first-order chi connectivity index (χ1) is 9.33. The van der Waals surface area contributed by atoms with Gasteiger partial charge in [-0.05, 0) is 36.5 Å². The Bertz CT molecular complexity index is 391. The average Bonchev–Trinajstić information content (AvgIpc) is 3.25. The van der Waals surface area contributed by atoms with Gasteiger partial charge in [0.2, 0.25) is 0 Å². The Kier molecular flexibility index (Phi) is 5.48. The summed E-state index contributed by atoms with van der Waals surface area (Å²) < 4.78 is 16.2. The number of methoxy groups -OCH3 is 2. The molecule has 0 bridgehead atoms. The molecule has 106 valence electrons. The van der Waals surface area contributed by atoms with Crippen LogP contribution in [-0.4, -0.2) is 34.0 Å². The van der Waals surface area contributed by atoms with Crippen molar-refractivity contribution in [1.82, 2.24) is 5.32 Å². The Hall–Kier alpha value is -1.26. The average molecular weight is 265 g/mol. The fourth-order valence-corrected chi connectivity index (χ4v) is 1.84. The lowest BCUT2D eigenvalue weighted by Crippen LogP contribution is -2.18.